The maximum absolute atomic E-state index is 12.1. The number of likely N-dealkylation sites (tertiary alicyclic amines) is 1. The van der Waals surface area contributed by atoms with Crippen LogP contribution in [-0.2, 0) is 17.1 Å². The second-order valence-electron chi connectivity index (χ2n) is 5.62. The summed E-state index contributed by atoms with van der Waals surface area (Å²) in [5, 5.41) is 6.71. The monoisotopic (exact) mass is 312 g/mol. The molecule has 0 bridgehead atoms. The van der Waals surface area contributed by atoms with Gasteiger partial charge in [0.15, 0.2) is 5.82 Å². The number of carbonyl (C=O) groups is 1. The van der Waals surface area contributed by atoms with Crippen molar-refractivity contribution in [1.82, 2.24) is 20.4 Å². The van der Waals surface area contributed by atoms with Crippen molar-refractivity contribution in [2.75, 3.05) is 12.8 Å². The van der Waals surface area contributed by atoms with Crippen molar-refractivity contribution in [2.45, 2.75) is 57.5 Å². The van der Waals surface area contributed by atoms with E-state index in [0.717, 1.165) is 5.75 Å². The molecule has 1 amide bonds. The molecule has 1 saturated heterocycles. The number of nitrogens with zero attached hydrogens (tertiary/aromatic N) is 3. The molecule has 0 aromatic carbocycles. The second-order valence-corrected chi connectivity index (χ2v) is 6.48. The molecular formula is C14H24N4O2S. The van der Waals surface area contributed by atoms with Crippen molar-refractivity contribution < 1.29 is 9.32 Å². The van der Waals surface area contributed by atoms with E-state index in [1.807, 2.05) is 6.26 Å². The molecule has 1 aliphatic rings. The van der Waals surface area contributed by atoms with E-state index < -0.39 is 0 Å². The fourth-order valence-electron chi connectivity index (χ4n) is 2.73. The van der Waals surface area contributed by atoms with Crippen molar-refractivity contribution >= 4 is 17.7 Å². The molecule has 21 heavy (non-hydrogen) atoms. The summed E-state index contributed by atoms with van der Waals surface area (Å²) in [6.07, 6.45) is 5.57. The topological polar surface area (TPSA) is 71.3 Å². The average Bonchev–Trinajstić information content (AvgIpc) is 2.89. The van der Waals surface area contributed by atoms with Gasteiger partial charge in [0.2, 0.25) is 11.8 Å². The number of hydrogen-bond donors (Lipinski definition) is 1. The van der Waals surface area contributed by atoms with E-state index in [-0.39, 0.29) is 5.91 Å². The minimum atomic E-state index is 0.0141. The number of thioether (sulfide) groups is 1. The lowest BCUT2D eigenvalue weighted by molar-refractivity contribution is -0.124. The van der Waals surface area contributed by atoms with Crippen LogP contribution in [0.25, 0.3) is 0 Å². The number of carbonyl (C=O) groups excluding carboxylic acids is 1. The maximum atomic E-state index is 12.1. The third-order valence-corrected chi connectivity index (χ3v) is 4.47. The number of amides is 1. The first kappa shape index (κ1) is 16.3. The van der Waals surface area contributed by atoms with Crippen LogP contribution in [-0.4, -0.2) is 45.8 Å². The minimum Gasteiger partial charge on any atom is -0.346 e. The van der Waals surface area contributed by atoms with Crippen molar-refractivity contribution in [2.24, 2.45) is 0 Å². The van der Waals surface area contributed by atoms with Gasteiger partial charge in [-0.05, 0) is 32.9 Å². The largest absolute Gasteiger partial charge is 0.346 e. The van der Waals surface area contributed by atoms with Crippen molar-refractivity contribution in [3.63, 3.8) is 0 Å². The van der Waals surface area contributed by atoms with Crippen molar-refractivity contribution in [3.05, 3.63) is 11.7 Å². The number of piperidine rings is 1. The Morgan fingerprint density at radius 1 is 1.43 bits per heavy atom. The summed E-state index contributed by atoms with van der Waals surface area (Å²) in [6, 6.07) is 0.937. The van der Waals surface area contributed by atoms with Gasteiger partial charge in [-0.25, -0.2) is 0 Å². The van der Waals surface area contributed by atoms with Gasteiger partial charge in [-0.15, -0.1) is 0 Å². The molecule has 1 aromatic rings. The van der Waals surface area contributed by atoms with Crippen LogP contribution in [0.5, 0.6) is 0 Å². The standard InChI is InChI=1S/C14H24N4O2S/c1-10-5-4-6-11(2)18(10)8-13(19)15-7-14-16-12(9-21-3)17-20-14/h10-11H,4-9H2,1-3H3,(H,15,19). The molecule has 7 heteroatoms. The van der Waals surface area contributed by atoms with Gasteiger partial charge < -0.3 is 9.84 Å². The molecule has 118 valence electrons. The fraction of sp³-hybridized carbons (Fsp3) is 0.786. The lowest BCUT2D eigenvalue weighted by Gasteiger charge is -2.38. The van der Waals surface area contributed by atoms with Crippen molar-refractivity contribution in [1.29, 1.82) is 0 Å². The van der Waals surface area contributed by atoms with Gasteiger partial charge in [-0.3, -0.25) is 9.69 Å². The molecule has 6 nitrogen and oxygen atoms in total. The summed E-state index contributed by atoms with van der Waals surface area (Å²) in [6.45, 7) is 5.12. The fourth-order valence-corrected chi connectivity index (χ4v) is 3.11. The zero-order valence-corrected chi connectivity index (χ0v) is 13.8. The Morgan fingerprint density at radius 3 is 2.81 bits per heavy atom. The van der Waals surface area contributed by atoms with Crippen LogP contribution >= 0.6 is 11.8 Å². The molecule has 1 aromatic heterocycles. The molecule has 1 aliphatic heterocycles. The first-order chi connectivity index (χ1) is 10.1. The second kappa shape index (κ2) is 7.79. The van der Waals surface area contributed by atoms with E-state index >= 15 is 0 Å². The maximum Gasteiger partial charge on any atom is 0.246 e. The highest BCUT2D eigenvalue weighted by Gasteiger charge is 2.26. The summed E-state index contributed by atoms with van der Waals surface area (Å²) in [5.41, 5.74) is 0. The van der Waals surface area contributed by atoms with E-state index in [4.69, 9.17) is 4.52 Å². The lowest BCUT2D eigenvalue weighted by Crippen LogP contribution is -2.48. The Kier molecular flexibility index (Phi) is 6.05. The Balaban J connectivity index is 1.78. The third-order valence-electron chi connectivity index (χ3n) is 3.92. The predicted molar refractivity (Wildman–Crippen MR) is 82.8 cm³/mol. The van der Waals surface area contributed by atoms with Crippen LogP contribution in [0.15, 0.2) is 4.52 Å². The zero-order valence-electron chi connectivity index (χ0n) is 13.0. The molecule has 2 atom stereocenters. The van der Waals surface area contributed by atoms with Crippen molar-refractivity contribution in [3.8, 4) is 0 Å². The van der Waals surface area contributed by atoms with Crippen LogP contribution in [0, 0.1) is 0 Å². The molecule has 2 unspecified atom stereocenters. The lowest BCUT2D eigenvalue weighted by atomic mass is 9.97. The van der Waals surface area contributed by atoms with E-state index in [9.17, 15) is 4.79 Å². The first-order valence-corrected chi connectivity index (χ1v) is 8.82. The summed E-state index contributed by atoms with van der Waals surface area (Å²) >= 11 is 1.64. The Bertz CT molecular complexity index is 456. The number of hydrogen-bond acceptors (Lipinski definition) is 6. The molecule has 0 aliphatic carbocycles. The molecule has 0 radical (unpaired) electrons. The minimum absolute atomic E-state index is 0.0141. The van der Waals surface area contributed by atoms with Crippen LogP contribution in [0.3, 0.4) is 0 Å². The Hall–Kier alpha value is -1.08. The predicted octanol–water partition coefficient (Wildman–Crippen LogP) is 1.81. The van der Waals surface area contributed by atoms with E-state index in [2.05, 4.69) is 34.2 Å². The smallest absolute Gasteiger partial charge is 0.246 e. The SMILES string of the molecule is CSCc1noc(CNC(=O)CN2C(C)CCCC2C)n1. The molecule has 2 heterocycles. The summed E-state index contributed by atoms with van der Waals surface area (Å²) < 4.78 is 5.10. The Morgan fingerprint density at radius 2 is 2.14 bits per heavy atom. The van der Waals surface area contributed by atoms with Gasteiger partial charge in [-0.1, -0.05) is 11.6 Å². The van der Waals surface area contributed by atoms with E-state index in [1.54, 1.807) is 11.8 Å². The first-order valence-electron chi connectivity index (χ1n) is 7.43. The van der Waals surface area contributed by atoms with Crippen LogP contribution < -0.4 is 5.32 Å². The van der Waals surface area contributed by atoms with Crippen LogP contribution in [0.4, 0.5) is 0 Å². The van der Waals surface area contributed by atoms with E-state index in [1.165, 1.54) is 19.3 Å². The third kappa shape index (κ3) is 4.71. The normalized spacial score (nSPS) is 23.2. The van der Waals surface area contributed by atoms with Gasteiger partial charge in [0, 0.05) is 12.1 Å². The molecule has 1 fully saturated rings. The number of nitrogens with one attached hydrogen (secondary N) is 1. The van der Waals surface area contributed by atoms with Gasteiger partial charge >= 0.3 is 0 Å². The van der Waals surface area contributed by atoms with Crippen LogP contribution in [0.1, 0.15) is 44.8 Å². The molecule has 1 N–H and O–H groups in total. The molecule has 2 rings (SSSR count). The summed E-state index contributed by atoms with van der Waals surface area (Å²) in [5.74, 6) is 1.87. The van der Waals surface area contributed by atoms with Gasteiger partial charge in [-0.2, -0.15) is 16.7 Å². The molecular weight excluding hydrogens is 288 g/mol. The highest BCUT2D eigenvalue weighted by atomic mass is 32.2. The average molecular weight is 312 g/mol. The summed E-state index contributed by atoms with van der Waals surface area (Å²) in [7, 11) is 0. The quantitative estimate of drug-likeness (QED) is 0.864. The Labute approximate surface area is 130 Å². The molecule has 0 saturated carbocycles. The summed E-state index contributed by atoms with van der Waals surface area (Å²) in [4.78, 5) is 18.6. The number of rotatable bonds is 6. The number of aromatic nitrogens is 2. The highest BCUT2D eigenvalue weighted by molar-refractivity contribution is 7.97. The molecule has 0 spiro atoms. The van der Waals surface area contributed by atoms with Gasteiger partial charge in [0.1, 0.15) is 0 Å². The van der Waals surface area contributed by atoms with Gasteiger partial charge in [0.05, 0.1) is 18.8 Å². The van der Waals surface area contributed by atoms with Gasteiger partial charge in [0.25, 0.3) is 0 Å². The highest BCUT2D eigenvalue weighted by Crippen LogP contribution is 2.21. The van der Waals surface area contributed by atoms with Crippen LogP contribution in [0.2, 0.25) is 0 Å². The van der Waals surface area contributed by atoms with E-state index in [0.29, 0.717) is 36.9 Å². The zero-order chi connectivity index (χ0) is 15.2.